The Bertz CT molecular complexity index is 1430. The molecule has 6 nitrogen and oxygen atoms in total. The van der Waals surface area contributed by atoms with Crippen molar-refractivity contribution in [1.29, 1.82) is 0 Å². The second-order valence-electron chi connectivity index (χ2n) is 21.3. The van der Waals surface area contributed by atoms with Crippen LogP contribution in [0.4, 0.5) is 0 Å². The van der Waals surface area contributed by atoms with Gasteiger partial charge >= 0.3 is 17.9 Å². The molecular formula is C69H120O6. The quantitative estimate of drug-likeness (QED) is 0.0261. The van der Waals surface area contributed by atoms with Crippen LogP contribution in [0, 0.1) is 0 Å². The minimum Gasteiger partial charge on any atom is -0.462 e. The molecule has 0 aromatic rings. The van der Waals surface area contributed by atoms with Gasteiger partial charge in [-0.1, -0.05) is 286 Å². The minimum atomic E-state index is -0.786. The second-order valence-corrected chi connectivity index (χ2v) is 21.3. The monoisotopic (exact) mass is 1040 g/mol. The lowest BCUT2D eigenvalue weighted by atomic mass is 10.0. The normalized spacial score (nSPS) is 12.6. The van der Waals surface area contributed by atoms with Gasteiger partial charge in [-0.15, -0.1) is 0 Å². The zero-order valence-electron chi connectivity index (χ0n) is 49.6. The first-order valence-electron chi connectivity index (χ1n) is 32.1. The zero-order valence-corrected chi connectivity index (χ0v) is 49.6. The summed E-state index contributed by atoms with van der Waals surface area (Å²) in [6, 6.07) is 0. The van der Waals surface area contributed by atoms with Crippen LogP contribution in [0.5, 0.6) is 0 Å². The molecule has 0 radical (unpaired) electrons. The lowest BCUT2D eigenvalue weighted by Gasteiger charge is -2.18. The molecular weight excluding hydrogens is 925 g/mol. The fraction of sp³-hybridized carbons (Fsp3) is 0.754. The first kappa shape index (κ1) is 71.6. The Kier molecular flexibility index (Phi) is 60.3. The number of ether oxygens (including phenoxy) is 3. The molecule has 0 N–H and O–H groups in total. The van der Waals surface area contributed by atoms with Gasteiger partial charge in [0.2, 0.25) is 0 Å². The van der Waals surface area contributed by atoms with Gasteiger partial charge in [0.25, 0.3) is 0 Å². The van der Waals surface area contributed by atoms with Crippen LogP contribution in [0.15, 0.2) is 85.1 Å². The molecule has 0 aliphatic carbocycles. The van der Waals surface area contributed by atoms with Gasteiger partial charge in [-0.05, 0) is 96.3 Å². The van der Waals surface area contributed by atoms with Crippen molar-refractivity contribution < 1.29 is 28.6 Å². The Balaban J connectivity index is 4.04. The molecule has 0 spiro atoms. The van der Waals surface area contributed by atoms with E-state index in [1.54, 1.807) is 0 Å². The highest BCUT2D eigenvalue weighted by molar-refractivity contribution is 5.71. The molecule has 1 unspecified atom stereocenters. The summed E-state index contributed by atoms with van der Waals surface area (Å²) in [5.74, 6) is -0.905. The van der Waals surface area contributed by atoms with Crippen LogP contribution in [0.1, 0.15) is 316 Å². The van der Waals surface area contributed by atoms with Crippen molar-refractivity contribution in [3.63, 3.8) is 0 Å². The predicted octanol–water partition coefficient (Wildman–Crippen LogP) is 21.9. The summed E-state index contributed by atoms with van der Waals surface area (Å²) in [7, 11) is 0. The van der Waals surface area contributed by atoms with Crippen LogP contribution in [0.2, 0.25) is 0 Å². The highest BCUT2D eigenvalue weighted by Gasteiger charge is 2.19. The van der Waals surface area contributed by atoms with Gasteiger partial charge in [0.1, 0.15) is 13.2 Å². The van der Waals surface area contributed by atoms with Crippen molar-refractivity contribution in [2.45, 2.75) is 322 Å². The summed E-state index contributed by atoms with van der Waals surface area (Å²) in [5.41, 5.74) is 0. The molecule has 0 heterocycles. The topological polar surface area (TPSA) is 78.9 Å². The van der Waals surface area contributed by atoms with Crippen molar-refractivity contribution in [1.82, 2.24) is 0 Å². The van der Waals surface area contributed by atoms with Crippen LogP contribution in [0.25, 0.3) is 0 Å². The first-order valence-corrected chi connectivity index (χ1v) is 32.1. The average Bonchev–Trinajstić information content (AvgIpc) is 3.41. The third kappa shape index (κ3) is 61.3. The molecule has 0 aliphatic heterocycles. The molecule has 0 saturated heterocycles. The highest BCUT2D eigenvalue weighted by Crippen LogP contribution is 2.17. The Morgan fingerprint density at radius 3 is 0.813 bits per heavy atom. The van der Waals surface area contributed by atoms with E-state index in [-0.39, 0.29) is 31.1 Å². The molecule has 0 fully saturated rings. The van der Waals surface area contributed by atoms with Gasteiger partial charge in [0.05, 0.1) is 0 Å². The maximum Gasteiger partial charge on any atom is 0.306 e. The summed E-state index contributed by atoms with van der Waals surface area (Å²) < 4.78 is 16.8. The summed E-state index contributed by atoms with van der Waals surface area (Å²) in [5, 5.41) is 0. The lowest BCUT2D eigenvalue weighted by molar-refractivity contribution is -0.167. The number of unbranched alkanes of at least 4 members (excludes halogenated alkanes) is 33. The Morgan fingerprint density at radius 1 is 0.280 bits per heavy atom. The van der Waals surface area contributed by atoms with Crippen LogP contribution in [-0.2, 0) is 28.6 Å². The summed E-state index contributed by atoms with van der Waals surface area (Å²) in [6.45, 7) is 6.47. The molecule has 6 heteroatoms. The summed E-state index contributed by atoms with van der Waals surface area (Å²) >= 11 is 0. The van der Waals surface area contributed by atoms with Gasteiger partial charge < -0.3 is 14.2 Å². The SMILES string of the molecule is CC/C=C\C/C=C\C/C=C\C/C=C\CCCCCCC(=O)OC(COC(=O)CCCCCCCCC)COC(=O)CCCCCCCCCCCCCCCCCCCC/C=C\C/C=C\C/C=C\CCCCCCC. The molecule has 0 rings (SSSR count). The predicted molar refractivity (Wildman–Crippen MR) is 325 cm³/mol. The second kappa shape index (κ2) is 63.1. The third-order valence-electron chi connectivity index (χ3n) is 13.9. The van der Waals surface area contributed by atoms with Gasteiger partial charge in [-0.3, -0.25) is 14.4 Å². The Labute approximate surface area is 465 Å². The molecule has 0 aliphatic rings. The number of carbonyl (C=O) groups is 3. The minimum absolute atomic E-state index is 0.0836. The fourth-order valence-electron chi connectivity index (χ4n) is 9.09. The molecule has 0 amide bonds. The van der Waals surface area contributed by atoms with E-state index >= 15 is 0 Å². The number of esters is 3. The summed E-state index contributed by atoms with van der Waals surface area (Å²) in [4.78, 5) is 38.0. The van der Waals surface area contributed by atoms with E-state index in [2.05, 4.69) is 106 Å². The van der Waals surface area contributed by atoms with E-state index < -0.39 is 6.10 Å². The standard InChI is InChI=1S/C69H120O6/c1-4-7-10-13-16-18-20-22-24-26-27-28-29-30-31-32-33-34-35-36-37-38-39-40-41-43-44-46-48-50-53-56-59-62-68(71)74-65-66(64-73-67(70)61-58-55-52-15-12-9-6-3)75-69(72)63-60-57-54-51-49-47-45-42-25-23-21-19-17-14-11-8-5-2/h8,11,17,19-20,22-23,25-27,29-30,45,47,66H,4-7,9-10,12-16,18,21,24,28,31-44,46,48-65H2,1-3H3/b11-8-,19-17-,22-20-,25-23-,27-26-,30-29-,47-45-. The average molecular weight is 1050 g/mol. The third-order valence-corrected chi connectivity index (χ3v) is 13.9. The van der Waals surface area contributed by atoms with E-state index in [0.29, 0.717) is 19.3 Å². The molecule has 1 atom stereocenters. The Morgan fingerprint density at radius 2 is 0.520 bits per heavy atom. The van der Waals surface area contributed by atoms with E-state index in [9.17, 15) is 14.4 Å². The van der Waals surface area contributed by atoms with Crippen molar-refractivity contribution in [2.75, 3.05) is 13.2 Å². The number of allylic oxidation sites excluding steroid dienone is 14. The lowest BCUT2D eigenvalue weighted by Crippen LogP contribution is -2.30. The summed E-state index contributed by atoms with van der Waals surface area (Å²) in [6.07, 6.45) is 83.5. The highest BCUT2D eigenvalue weighted by atomic mass is 16.6. The van der Waals surface area contributed by atoms with E-state index in [4.69, 9.17) is 14.2 Å². The van der Waals surface area contributed by atoms with E-state index in [0.717, 1.165) is 109 Å². The van der Waals surface area contributed by atoms with Crippen molar-refractivity contribution in [3.05, 3.63) is 85.1 Å². The van der Waals surface area contributed by atoms with Crippen LogP contribution < -0.4 is 0 Å². The molecule has 0 saturated carbocycles. The maximum absolute atomic E-state index is 12.8. The molecule has 0 aromatic carbocycles. The van der Waals surface area contributed by atoms with E-state index in [1.165, 1.54) is 167 Å². The number of hydrogen-bond acceptors (Lipinski definition) is 6. The largest absolute Gasteiger partial charge is 0.462 e. The van der Waals surface area contributed by atoms with Crippen LogP contribution >= 0.6 is 0 Å². The van der Waals surface area contributed by atoms with E-state index in [1.807, 2.05) is 0 Å². The van der Waals surface area contributed by atoms with Crippen molar-refractivity contribution >= 4 is 17.9 Å². The fourth-order valence-corrected chi connectivity index (χ4v) is 9.09. The number of hydrogen-bond donors (Lipinski definition) is 0. The maximum atomic E-state index is 12.8. The van der Waals surface area contributed by atoms with Crippen molar-refractivity contribution in [2.24, 2.45) is 0 Å². The first-order chi connectivity index (χ1) is 37.0. The smallest absolute Gasteiger partial charge is 0.306 e. The van der Waals surface area contributed by atoms with Crippen molar-refractivity contribution in [3.8, 4) is 0 Å². The Hall–Kier alpha value is -3.41. The van der Waals surface area contributed by atoms with Gasteiger partial charge in [0, 0.05) is 19.3 Å². The number of carbonyl (C=O) groups excluding carboxylic acids is 3. The van der Waals surface area contributed by atoms with Crippen LogP contribution in [-0.4, -0.2) is 37.2 Å². The molecule has 0 aromatic heterocycles. The van der Waals surface area contributed by atoms with Gasteiger partial charge in [0.15, 0.2) is 6.10 Å². The molecule has 432 valence electrons. The van der Waals surface area contributed by atoms with Crippen LogP contribution in [0.3, 0.4) is 0 Å². The van der Waals surface area contributed by atoms with Gasteiger partial charge in [-0.2, -0.15) is 0 Å². The van der Waals surface area contributed by atoms with Gasteiger partial charge in [-0.25, -0.2) is 0 Å². The zero-order chi connectivity index (χ0) is 54.3. The molecule has 75 heavy (non-hydrogen) atoms. The number of rotatable bonds is 58. The molecule has 0 bridgehead atoms.